The minimum atomic E-state index is 0.911. The molecule has 18 aromatic rings. The molecule has 0 N–H and O–H groups in total. The minimum Gasteiger partial charge on any atom is -0.456 e. The first-order valence-electron chi connectivity index (χ1n) is 28.7. The Bertz CT molecular complexity index is 5280. The van der Waals surface area contributed by atoms with E-state index >= 15 is 0 Å². The predicted molar refractivity (Wildman–Crippen MR) is 355 cm³/mol. The van der Waals surface area contributed by atoms with E-state index in [1.807, 2.05) is 0 Å². The highest BCUT2D eigenvalue weighted by atomic mass is 16.3. The Labute approximate surface area is 479 Å². The number of furan rings is 1. The Hall–Kier alpha value is -10.9. The van der Waals surface area contributed by atoms with Crippen LogP contribution in [0.2, 0.25) is 0 Å². The highest BCUT2D eigenvalue weighted by Gasteiger charge is 2.20. The number of hydrogen-bond donors (Lipinski definition) is 0. The zero-order valence-electron chi connectivity index (χ0n) is 45.3. The molecule has 0 aliphatic heterocycles. The number of benzene rings is 17. The van der Waals surface area contributed by atoms with Crippen LogP contribution in [0.25, 0.3) is 175 Å². The maximum Gasteiger partial charge on any atom is 0.135 e. The van der Waals surface area contributed by atoms with Crippen LogP contribution in [-0.2, 0) is 0 Å². The van der Waals surface area contributed by atoms with Crippen molar-refractivity contribution in [2.24, 2.45) is 0 Å². The van der Waals surface area contributed by atoms with Crippen molar-refractivity contribution >= 4 is 108 Å². The predicted octanol–water partition coefficient (Wildman–Crippen LogP) is 23.4. The molecule has 1 heteroatoms. The highest BCUT2D eigenvalue weighted by molar-refractivity contribution is 6.28. The second-order valence-corrected chi connectivity index (χ2v) is 22.2. The Kier molecular flexibility index (Phi) is 10.7. The molecule has 83 heavy (non-hydrogen) atoms. The molecular formula is C82H50O. The summed E-state index contributed by atoms with van der Waals surface area (Å²) < 4.78 is 6.29. The molecule has 0 atom stereocenters. The molecule has 0 bridgehead atoms. The van der Waals surface area contributed by atoms with E-state index in [4.69, 9.17) is 4.42 Å². The second kappa shape index (κ2) is 18.9. The molecule has 17 aromatic carbocycles. The van der Waals surface area contributed by atoms with Crippen molar-refractivity contribution in [1.29, 1.82) is 0 Å². The average molecular weight is 1050 g/mol. The molecule has 0 saturated heterocycles. The molecule has 18 rings (SSSR count). The van der Waals surface area contributed by atoms with Crippen LogP contribution in [0.5, 0.6) is 0 Å². The van der Waals surface area contributed by atoms with Gasteiger partial charge in [0.15, 0.2) is 0 Å². The fourth-order valence-electron chi connectivity index (χ4n) is 13.8. The van der Waals surface area contributed by atoms with E-state index in [9.17, 15) is 0 Å². The van der Waals surface area contributed by atoms with Crippen LogP contribution in [0.1, 0.15) is 0 Å². The summed E-state index contributed by atoms with van der Waals surface area (Å²) in [7, 11) is 0. The van der Waals surface area contributed by atoms with Gasteiger partial charge in [-0.15, -0.1) is 0 Å². The Morgan fingerprint density at radius 2 is 0.518 bits per heavy atom. The molecule has 0 unspecified atom stereocenters. The van der Waals surface area contributed by atoms with Gasteiger partial charge in [-0.1, -0.05) is 261 Å². The molecule has 384 valence electrons. The third-order valence-corrected chi connectivity index (χ3v) is 17.6. The van der Waals surface area contributed by atoms with Gasteiger partial charge in [-0.3, -0.25) is 0 Å². The van der Waals surface area contributed by atoms with Gasteiger partial charge in [0.05, 0.1) is 0 Å². The van der Waals surface area contributed by atoms with Crippen molar-refractivity contribution in [3.05, 3.63) is 303 Å². The van der Waals surface area contributed by atoms with Gasteiger partial charge in [0.25, 0.3) is 0 Å². The van der Waals surface area contributed by atoms with E-state index < -0.39 is 0 Å². The summed E-state index contributed by atoms with van der Waals surface area (Å²) in [5, 5.41) is 23.1. The third-order valence-electron chi connectivity index (χ3n) is 17.6. The molecule has 0 saturated carbocycles. The molecule has 1 nitrogen and oxygen atoms in total. The summed E-state index contributed by atoms with van der Waals surface area (Å²) in [5.74, 6) is 0. The van der Waals surface area contributed by atoms with Crippen LogP contribution in [0.15, 0.2) is 308 Å². The van der Waals surface area contributed by atoms with Gasteiger partial charge in [-0.25, -0.2) is 0 Å². The van der Waals surface area contributed by atoms with Gasteiger partial charge in [-0.2, -0.15) is 0 Å². The van der Waals surface area contributed by atoms with Crippen molar-refractivity contribution in [2.45, 2.75) is 0 Å². The number of hydrogen-bond acceptors (Lipinski definition) is 1. The molecule has 0 aliphatic rings. The van der Waals surface area contributed by atoms with E-state index in [0.717, 1.165) is 21.9 Å². The molecule has 0 spiro atoms. The summed E-state index contributed by atoms with van der Waals surface area (Å²) in [6, 6.07) is 111. The smallest absolute Gasteiger partial charge is 0.135 e. The van der Waals surface area contributed by atoms with Crippen molar-refractivity contribution in [3.8, 4) is 66.8 Å². The van der Waals surface area contributed by atoms with Gasteiger partial charge >= 0.3 is 0 Å². The zero-order chi connectivity index (χ0) is 54.5. The van der Waals surface area contributed by atoms with Crippen LogP contribution >= 0.6 is 0 Å². The van der Waals surface area contributed by atoms with Crippen LogP contribution in [0.4, 0.5) is 0 Å². The van der Waals surface area contributed by atoms with E-state index in [2.05, 4.69) is 303 Å². The minimum absolute atomic E-state index is 0.911. The summed E-state index contributed by atoms with van der Waals surface area (Å²) in [6.45, 7) is 0. The maximum atomic E-state index is 6.29. The van der Waals surface area contributed by atoms with Gasteiger partial charge in [0, 0.05) is 10.8 Å². The summed E-state index contributed by atoms with van der Waals surface area (Å²) in [6.07, 6.45) is 0. The molecule has 0 radical (unpaired) electrons. The van der Waals surface area contributed by atoms with Crippen LogP contribution in [0, 0.1) is 0 Å². The lowest BCUT2D eigenvalue weighted by Gasteiger charge is -2.18. The van der Waals surface area contributed by atoms with Gasteiger partial charge in [-0.05, 0) is 195 Å². The molecule has 0 amide bonds. The topological polar surface area (TPSA) is 13.1 Å². The van der Waals surface area contributed by atoms with Crippen molar-refractivity contribution in [2.75, 3.05) is 0 Å². The van der Waals surface area contributed by atoms with Crippen LogP contribution < -0.4 is 0 Å². The summed E-state index contributed by atoms with van der Waals surface area (Å²) in [4.78, 5) is 0. The second-order valence-electron chi connectivity index (χ2n) is 22.2. The standard InChI is InChI=1S/C44H26.C38H24O/c1-2-6-27(7-3-1)34-24-35(37-20-16-32-14-12-28-8-4-10-30-18-22-39(37)43(32)41(28)30)26-36(25-34)38-21-17-33-15-13-29-9-5-11-31-19-23-40(38)44(33)42(29)31;1-3-11-25(12-4-1)27-19-21-35-33(23-27)34-24-28(20-22-36(34)39-35)38-31-17-9-7-15-29(31)37(26-13-5-2-6-14-26)30-16-8-10-18-32(30)38/h1-26H;1-24H. The summed E-state index contributed by atoms with van der Waals surface area (Å²) in [5.41, 5.74) is 16.7. The Morgan fingerprint density at radius 3 is 0.988 bits per heavy atom. The summed E-state index contributed by atoms with van der Waals surface area (Å²) >= 11 is 0. The largest absolute Gasteiger partial charge is 0.456 e. The van der Waals surface area contributed by atoms with E-state index in [-0.39, 0.29) is 0 Å². The van der Waals surface area contributed by atoms with E-state index in [1.54, 1.807) is 0 Å². The SMILES string of the molecule is c1ccc(-c2cc(-c3ccc4ccc5cccc6ccc3c4c56)cc(-c3ccc4ccc5cccc6ccc3c4c56)c2)cc1.c1ccc(-c2ccc3oc4ccc(-c5c6ccccc6c(-c6ccccc6)c6ccccc56)cc4c3c2)cc1. The molecule has 0 aliphatic carbocycles. The number of rotatable bonds is 6. The van der Waals surface area contributed by atoms with Gasteiger partial charge in [0.2, 0.25) is 0 Å². The lowest BCUT2D eigenvalue weighted by atomic mass is 9.86. The first-order chi connectivity index (χ1) is 41.1. The quantitative estimate of drug-likeness (QED) is 0.119. The Morgan fingerprint density at radius 1 is 0.169 bits per heavy atom. The van der Waals surface area contributed by atoms with Crippen molar-refractivity contribution in [3.63, 3.8) is 0 Å². The van der Waals surface area contributed by atoms with Gasteiger partial charge in [0.1, 0.15) is 11.2 Å². The first kappa shape index (κ1) is 47.0. The lowest BCUT2D eigenvalue weighted by molar-refractivity contribution is 0.669. The fourth-order valence-corrected chi connectivity index (χ4v) is 13.8. The first-order valence-corrected chi connectivity index (χ1v) is 28.7. The number of fused-ring (bicyclic) bond motifs is 5. The average Bonchev–Trinajstić information content (AvgIpc) is 3.20. The maximum absolute atomic E-state index is 6.29. The monoisotopic (exact) mass is 1050 g/mol. The van der Waals surface area contributed by atoms with Crippen LogP contribution in [0.3, 0.4) is 0 Å². The lowest BCUT2D eigenvalue weighted by Crippen LogP contribution is -1.91. The zero-order valence-corrected chi connectivity index (χ0v) is 45.3. The van der Waals surface area contributed by atoms with E-state index in [0.29, 0.717) is 0 Å². The van der Waals surface area contributed by atoms with Crippen LogP contribution in [-0.4, -0.2) is 0 Å². The molecular weight excluding hydrogens is 1000 g/mol. The van der Waals surface area contributed by atoms with Crippen molar-refractivity contribution in [1.82, 2.24) is 0 Å². The van der Waals surface area contributed by atoms with Gasteiger partial charge < -0.3 is 4.42 Å². The highest BCUT2D eigenvalue weighted by Crippen LogP contribution is 2.47. The third kappa shape index (κ3) is 7.63. The fraction of sp³-hybridized carbons (Fsp3) is 0. The normalized spacial score (nSPS) is 11.9. The molecule has 1 heterocycles. The van der Waals surface area contributed by atoms with Crippen molar-refractivity contribution < 1.29 is 4.42 Å². The molecule has 0 fully saturated rings. The molecule has 1 aromatic heterocycles. The van der Waals surface area contributed by atoms with E-state index in [1.165, 1.54) is 153 Å². The Balaban J connectivity index is 0.000000132.